The molecule has 2 aliphatic rings. The van der Waals surface area contributed by atoms with E-state index >= 15 is 0 Å². The number of nitrogens with one attached hydrogen (secondary N) is 2. The van der Waals surface area contributed by atoms with Crippen molar-refractivity contribution >= 4 is 23.6 Å². The Morgan fingerprint density at radius 3 is 2.56 bits per heavy atom. The van der Waals surface area contributed by atoms with Crippen LogP contribution in [0.15, 0.2) is 42.5 Å². The van der Waals surface area contributed by atoms with Gasteiger partial charge >= 0.3 is 6.09 Å². The minimum atomic E-state index is -0.483. The largest absolute Gasteiger partial charge is 0.447 e. The van der Waals surface area contributed by atoms with Crippen LogP contribution >= 0.6 is 11.6 Å². The van der Waals surface area contributed by atoms with Gasteiger partial charge < -0.3 is 25.0 Å². The Bertz CT molecular complexity index is 1150. The first-order valence-corrected chi connectivity index (χ1v) is 15.6. The average Bonchev–Trinajstić information content (AvgIpc) is 3.01. The first-order chi connectivity index (χ1) is 19.9. The van der Waals surface area contributed by atoms with Crippen molar-refractivity contribution in [3.05, 3.63) is 58.6 Å². The third kappa shape index (κ3) is 8.24. The fraction of sp³-hybridized carbons (Fsp3) is 0.576. The standard InChI is InChI=1S/C33H46ClN3O4/c1-4-23-8-5-9-26(20-23)30-28(11-6-12-29(30)34)31(40-18-19-41-33(39)36-3)27-10-7-17-37(22-27)32(38)25-15-13-24(14-16-25)21-35-2/h5-6,8-9,11-12,20,24-25,27,31,35H,4,7,10,13-19,21-22H2,1-3H3,(H,36,39)/t24?,25?,27-,31?/m1/s1. The van der Waals surface area contributed by atoms with Crippen LogP contribution in [0.3, 0.4) is 0 Å². The number of hydrogen-bond donors (Lipinski definition) is 2. The highest BCUT2D eigenvalue weighted by Crippen LogP contribution is 2.42. The highest BCUT2D eigenvalue weighted by molar-refractivity contribution is 6.33. The van der Waals surface area contributed by atoms with Crippen molar-refractivity contribution in [2.45, 2.75) is 58.0 Å². The summed E-state index contributed by atoms with van der Waals surface area (Å²) in [5.74, 6) is 1.17. The van der Waals surface area contributed by atoms with Crippen molar-refractivity contribution in [2.75, 3.05) is 46.9 Å². The van der Waals surface area contributed by atoms with Gasteiger partial charge in [0.1, 0.15) is 6.61 Å². The second kappa shape index (κ2) is 15.6. The highest BCUT2D eigenvalue weighted by Gasteiger charge is 2.36. The number of carbonyl (C=O) groups excluding carboxylic acids is 2. The quantitative estimate of drug-likeness (QED) is 0.306. The van der Waals surface area contributed by atoms with Gasteiger partial charge in [0, 0.05) is 42.6 Å². The molecule has 1 saturated heterocycles. The molecule has 7 nitrogen and oxygen atoms in total. The van der Waals surface area contributed by atoms with E-state index in [-0.39, 0.29) is 31.2 Å². The van der Waals surface area contributed by atoms with E-state index in [0.29, 0.717) is 23.4 Å². The van der Waals surface area contributed by atoms with Gasteiger partial charge in [-0.05, 0) is 87.2 Å². The lowest BCUT2D eigenvalue weighted by atomic mass is 9.80. The molecule has 1 aliphatic carbocycles. The van der Waals surface area contributed by atoms with E-state index in [4.69, 9.17) is 21.1 Å². The number of likely N-dealkylation sites (tertiary alicyclic amines) is 1. The van der Waals surface area contributed by atoms with E-state index in [1.165, 1.54) is 12.6 Å². The molecule has 0 spiro atoms. The zero-order chi connectivity index (χ0) is 29.2. The van der Waals surface area contributed by atoms with Crippen LogP contribution in [0.2, 0.25) is 5.02 Å². The number of aryl methyl sites for hydroxylation is 1. The zero-order valence-electron chi connectivity index (χ0n) is 24.8. The molecule has 2 amide bonds. The van der Waals surface area contributed by atoms with Gasteiger partial charge in [-0.2, -0.15) is 0 Å². The molecule has 1 heterocycles. The SMILES string of the molecule is CCc1cccc(-c2c(Cl)cccc2C(OCCOC(=O)NC)[C@@H]2CCCN(C(=O)C3CCC(CNC)CC3)C2)c1. The van der Waals surface area contributed by atoms with Gasteiger partial charge in [0.2, 0.25) is 5.91 Å². The maximum absolute atomic E-state index is 13.7. The second-order valence-corrected chi connectivity index (χ2v) is 11.8. The van der Waals surface area contributed by atoms with Crippen molar-refractivity contribution in [3.8, 4) is 11.1 Å². The molecular formula is C33H46ClN3O4. The molecule has 2 aromatic carbocycles. The number of nitrogens with zero attached hydrogens (tertiary/aromatic N) is 1. The van der Waals surface area contributed by atoms with Crippen molar-refractivity contribution in [3.63, 3.8) is 0 Å². The van der Waals surface area contributed by atoms with Crippen molar-refractivity contribution < 1.29 is 19.1 Å². The Labute approximate surface area is 250 Å². The van der Waals surface area contributed by atoms with Gasteiger partial charge in [-0.15, -0.1) is 0 Å². The number of rotatable bonds is 11. The molecule has 1 unspecified atom stereocenters. The molecule has 1 aliphatic heterocycles. The summed E-state index contributed by atoms with van der Waals surface area (Å²) in [6.45, 7) is 5.00. The number of alkyl carbamates (subject to hydrolysis) is 1. The van der Waals surface area contributed by atoms with Gasteiger partial charge in [-0.25, -0.2) is 4.79 Å². The topological polar surface area (TPSA) is 79.9 Å². The van der Waals surface area contributed by atoms with Crippen LogP contribution in [0.4, 0.5) is 4.79 Å². The van der Waals surface area contributed by atoms with Crippen LogP contribution in [-0.4, -0.2) is 63.8 Å². The molecule has 8 heteroatoms. The molecular weight excluding hydrogens is 538 g/mol. The Balaban J connectivity index is 1.57. The van der Waals surface area contributed by atoms with Crippen LogP contribution in [0.1, 0.15) is 62.7 Å². The van der Waals surface area contributed by atoms with Crippen LogP contribution < -0.4 is 10.6 Å². The predicted molar refractivity (Wildman–Crippen MR) is 164 cm³/mol. The fourth-order valence-electron chi connectivity index (χ4n) is 6.51. The third-order valence-electron chi connectivity index (χ3n) is 8.68. The summed E-state index contributed by atoms with van der Waals surface area (Å²) in [5.41, 5.74) is 4.27. The van der Waals surface area contributed by atoms with E-state index in [1.54, 1.807) is 0 Å². The predicted octanol–water partition coefficient (Wildman–Crippen LogP) is 6.25. The van der Waals surface area contributed by atoms with Gasteiger partial charge in [-0.3, -0.25) is 4.79 Å². The van der Waals surface area contributed by atoms with Gasteiger partial charge in [0.05, 0.1) is 12.7 Å². The lowest BCUT2D eigenvalue weighted by Crippen LogP contribution is -2.45. The lowest BCUT2D eigenvalue weighted by molar-refractivity contribution is -0.140. The fourth-order valence-corrected chi connectivity index (χ4v) is 6.80. The molecule has 4 rings (SSSR count). The van der Waals surface area contributed by atoms with E-state index in [0.717, 1.165) is 74.7 Å². The van der Waals surface area contributed by atoms with E-state index in [2.05, 4.69) is 52.8 Å². The van der Waals surface area contributed by atoms with Crippen LogP contribution in [0.25, 0.3) is 11.1 Å². The number of ether oxygens (including phenoxy) is 2. The van der Waals surface area contributed by atoms with E-state index in [1.807, 2.05) is 19.2 Å². The Morgan fingerprint density at radius 1 is 1.05 bits per heavy atom. The normalized spacial score (nSPS) is 21.8. The molecule has 0 bridgehead atoms. The maximum Gasteiger partial charge on any atom is 0.406 e. The molecule has 224 valence electrons. The first-order valence-electron chi connectivity index (χ1n) is 15.2. The minimum Gasteiger partial charge on any atom is -0.447 e. The monoisotopic (exact) mass is 583 g/mol. The molecule has 0 radical (unpaired) electrons. The highest BCUT2D eigenvalue weighted by atomic mass is 35.5. The van der Waals surface area contributed by atoms with Crippen molar-refractivity contribution in [2.24, 2.45) is 17.8 Å². The molecule has 41 heavy (non-hydrogen) atoms. The summed E-state index contributed by atoms with van der Waals surface area (Å²) >= 11 is 6.88. The van der Waals surface area contributed by atoms with Gasteiger partial charge in [0.15, 0.2) is 0 Å². The summed E-state index contributed by atoms with van der Waals surface area (Å²) in [4.78, 5) is 27.4. The van der Waals surface area contributed by atoms with Crippen molar-refractivity contribution in [1.29, 1.82) is 0 Å². The number of halogens is 1. The maximum atomic E-state index is 13.7. The van der Waals surface area contributed by atoms with Gasteiger partial charge in [-0.1, -0.05) is 54.9 Å². The second-order valence-electron chi connectivity index (χ2n) is 11.4. The molecule has 2 fully saturated rings. The van der Waals surface area contributed by atoms with Crippen molar-refractivity contribution in [1.82, 2.24) is 15.5 Å². The van der Waals surface area contributed by atoms with Crippen LogP contribution in [-0.2, 0) is 20.7 Å². The number of benzene rings is 2. The number of amides is 2. The summed E-state index contributed by atoms with van der Waals surface area (Å²) < 4.78 is 11.8. The molecule has 2 aromatic rings. The smallest absolute Gasteiger partial charge is 0.406 e. The molecule has 1 saturated carbocycles. The first kappa shape index (κ1) is 31.3. The Kier molecular flexibility index (Phi) is 11.9. The minimum absolute atomic E-state index is 0.0971. The molecule has 2 N–H and O–H groups in total. The van der Waals surface area contributed by atoms with Gasteiger partial charge in [0.25, 0.3) is 0 Å². The molecule has 0 aromatic heterocycles. The van der Waals surface area contributed by atoms with Crippen LogP contribution in [0.5, 0.6) is 0 Å². The van der Waals surface area contributed by atoms with E-state index < -0.39 is 6.09 Å². The number of carbonyl (C=O) groups is 2. The number of piperidine rings is 1. The molecule has 2 atom stereocenters. The summed E-state index contributed by atoms with van der Waals surface area (Å²) in [7, 11) is 3.54. The average molecular weight is 584 g/mol. The van der Waals surface area contributed by atoms with E-state index in [9.17, 15) is 9.59 Å². The lowest BCUT2D eigenvalue weighted by Gasteiger charge is -2.40. The number of hydrogen-bond acceptors (Lipinski definition) is 5. The summed E-state index contributed by atoms with van der Waals surface area (Å²) in [5, 5.41) is 6.43. The third-order valence-corrected chi connectivity index (χ3v) is 9.00. The van der Waals surface area contributed by atoms with Crippen LogP contribution in [0, 0.1) is 17.8 Å². The summed E-state index contributed by atoms with van der Waals surface area (Å²) in [6.07, 6.45) is 6.17. The zero-order valence-corrected chi connectivity index (χ0v) is 25.6. The summed E-state index contributed by atoms with van der Waals surface area (Å²) in [6, 6.07) is 14.5. The Hall–Kier alpha value is -2.61. The Morgan fingerprint density at radius 2 is 1.83 bits per heavy atom.